The lowest BCUT2D eigenvalue weighted by atomic mass is 9.84. The first-order valence-electron chi connectivity index (χ1n) is 6.37. The third-order valence-electron chi connectivity index (χ3n) is 4.10. The second-order valence-electron chi connectivity index (χ2n) is 6.26. The number of hydrogen-bond acceptors (Lipinski definition) is 2. The van der Waals surface area contributed by atoms with Gasteiger partial charge in [0.25, 0.3) is 0 Å². The van der Waals surface area contributed by atoms with Crippen LogP contribution in [0.2, 0.25) is 0 Å². The molecule has 17 heavy (non-hydrogen) atoms. The Hall–Kier alpha value is -1.06. The van der Waals surface area contributed by atoms with Crippen LogP contribution in [0.3, 0.4) is 0 Å². The van der Waals surface area contributed by atoms with E-state index >= 15 is 0 Å². The highest BCUT2D eigenvalue weighted by atomic mass is 16.2. The third-order valence-corrected chi connectivity index (χ3v) is 4.10. The number of rotatable bonds is 2. The van der Waals surface area contributed by atoms with E-state index in [1.54, 1.807) is 4.90 Å². The van der Waals surface area contributed by atoms with Crippen molar-refractivity contribution in [2.45, 2.75) is 64.6 Å². The summed E-state index contributed by atoms with van der Waals surface area (Å²) in [6.07, 6.45) is 2.07. The first-order chi connectivity index (χ1) is 7.71. The maximum absolute atomic E-state index is 12.6. The lowest BCUT2D eigenvalue weighted by Gasteiger charge is -2.50. The van der Waals surface area contributed by atoms with Gasteiger partial charge in [0.15, 0.2) is 0 Å². The molecule has 2 aliphatic rings. The van der Waals surface area contributed by atoms with Crippen LogP contribution in [0.25, 0.3) is 0 Å². The summed E-state index contributed by atoms with van der Waals surface area (Å²) in [6.45, 7) is 9.42. The maximum atomic E-state index is 12.6. The van der Waals surface area contributed by atoms with Crippen LogP contribution in [-0.4, -0.2) is 33.8 Å². The molecule has 1 heterocycles. The van der Waals surface area contributed by atoms with Gasteiger partial charge in [-0.2, -0.15) is 0 Å². The van der Waals surface area contributed by atoms with Gasteiger partial charge in [-0.3, -0.25) is 9.59 Å². The molecule has 4 nitrogen and oxygen atoms in total. The smallest absolute Gasteiger partial charge is 0.249 e. The summed E-state index contributed by atoms with van der Waals surface area (Å²) in [7, 11) is 0. The summed E-state index contributed by atoms with van der Waals surface area (Å²) >= 11 is 0. The van der Waals surface area contributed by atoms with Crippen LogP contribution >= 0.6 is 0 Å². The normalized spacial score (nSPS) is 32.9. The monoisotopic (exact) mass is 238 g/mol. The number of hydrogen-bond donors (Lipinski definition) is 1. The van der Waals surface area contributed by atoms with E-state index in [2.05, 4.69) is 5.32 Å². The summed E-state index contributed by atoms with van der Waals surface area (Å²) in [5.74, 6) is 0.344. The minimum absolute atomic E-state index is 0.0415. The average molecular weight is 238 g/mol. The number of piperazine rings is 1. The van der Waals surface area contributed by atoms with Crippen LogP contribution in [-0.2, 0) is 9.59 Å². The van der Waals surface area contributed by atoms with Crippen molar-refractivity contribution in [1.82, 2.24) is 10.2 Å². The molecular weight excluding hydrogens is 216 g/mol. The van der Waals surface area contributed by atoms with Crippen molar-refractivity contribution in [1.29, 1.82) is 0 Å². The van der Waals surface area contributed by atoms with Gasteiger partial charge in [-0.05, 0) is 53.4 Å². The van der Waals surface area contributed by atoms with E-state index in [0.717, 1.165) is 12.8 Å². The Morgan fingerprint density at radius 1 is 1.24 bits per heavy atom. The first-order valence-corrected chi connectivity index (χ1v) is 6.37. The van der Waals surface area contributed by atoms with Crippen LogP contribution < -0.4 is 5.32 Å². The molecular formula is C13H22N2O2. The Balaban J connectivity index is 2.40. The minimum atomic E-state index is -0.750. The molecule has 0 aromatic heterocycles. The molecule has 96 valence electrons. The molecule has 2 rings (SSSR count). The fourth-order valence-corrected chi connectivity index (χ4v) is 2.87. The van der Waals surface area contributed by atoms with Crippen molar-refractivity contribution >= 4 is 11.8 Å². The number of nitrogens with zero attached hydrogens (tertiary/aromatic N) is 1. The molecule has 2 amide bonds. The van der Waals surface area contributed by atoms with E-state index in [4.69, 9.17) is 0 Å². The van der Waals surface area contributed by atoms with E-state index in [-0.39, 0.29) is 17.9 Å². The Bertz CT molecular complexity index is 372. The van der Waals surface area contributed by atoms with Crippen molar-refractivity contribution in [3.8, 4) is 0 Å². The zero-order chi connectivity index (χ0) is 13.0. The molecule has 0 radical (unpaired) electrons. The minimum Gasteiger partial charge on any atom is -0.340 e. The molecule has 1 aliphatic carbocycles. The molecule has 1 N–H and O–H groups in total. The standard InChI is InChI=1S/C13H22N2O2/c1-8(2)15-11(17)13(5,9-6-7-9)14-10(16)12(15,3)4/h8-9H,6-7H2,1-5H3,(H,14,16). The predicted molar refractivity (Wildman–Crippen MR) is 65.3 cm³/mol. The highest BCUT2D eigenvalue weighted by Crippen LogP contribution is 2.43. The van der Waals surface area contributed by atoms with Gasteiger partial charge in [-0.15, -0.1) is 0 Å². The van der Waals surface area contributed by atoms with Crippen LogP contribution in [0, 0.1) is 5.92 Å². The van der Waals surface area contributed by atoms with Crippen molar-refractivity contribution in [2.75, 3.05) is 0 Å². The molecule has 0 spiro atoms. The third kappa shape index (κ3) is 1.65. The van der Waals surface area contributed by atoms with Crippen molar-refractivity contribution in [3.63, 3.8) is 0 Å². The summed E-state index contributed by atoms with van der Waals surface area (Å²) in [5.41, 5.74) is -1.43. The van der Waals surface area contributed by atoms with Gasteiger partial charge in [0.1, 0.15) is 11.1 Å². The van der Waals surface area contributed by atoms with Crippen LogP contribution in [0.5, 0.6) is 0 Å². The van der Waals surface area contributed by atoms with Gasteiger partial charge in [0.05, 0.1) is 0 Å². The average Bonchev–Trinajstić information content (AvgIpc) is 2.97. The lowest BCUT2D eigenvalue weighted by molar-refractivity contribution is -0.164. The quantitative estimate of drug-likeness (QED) is 0.788. The molecule has 0 aromatic rings. The van der Waals surface area contributed by atoms with E-state index in [1.165, 1.54) is 0 Å². The molecule has 1 saturated carbocycles. The lowest BCUT2D eigenvalue weighted by Crippen LogP contribution is -2.75. The predicted octanol–water partition coefficient (Wildman–Crippen LogP) is 1.30. The highest BCUT2D eigenvalue weighted by Gasteiger charge is 2.58. The zero-order valence-corrected chi connectivity index (χ0v) is 11.3. The van der Waals surface area contributed by atoms with Crippen LogP contribution in [0.1, 0.15) is 47.5 Å². The Morgan fingerprint density at radius 3 is 2.18 bits per heavy atom. The maximum Gasteiger partial charge on any atom is 0.249 e. The number of carbonyl (C=O) groups excluding carboxylic acids is 2. The van der Waals surface area contributed by atoms with Gasteiger partial charge in [0, 0.05) is 6.04 Å². The first kappa shape index (κ1) is 12.4. The van der Waals surface area contributed by atoms with Gasteiger partial charge in [-0.1, -0.05) is 0 Å². The molecule has 1 atom stereocenters. The fraction of sp³-hybridized carbons (Fsp3) is 0.846. The molecule has 4 heteroatoms. The van der Waals surface area contributed by atoms with Crippen molar-refractivity contribution < 1.29 is 9.59 Å². The summed E-state index contributed by atoms with van der Waals surface area (Å²) in [4.78, 5) is 26.6. The van der Waals surface area contributed by atoms with E-state index in [9.17, 15) is 9.59 Å². The van der Waals surface area contributed by atoms with E-state index < -0.39 is 11.1 Å². The highest BCUT2D eigenvalue weighted by molar-refractivity contribution is 6.02. The topological polar surface area (TPSA) is 49.4 Å². The summed E-state index contributed by atoms with van der Waals surface area (Å²) < 4.78 is 0. The van der Waals surface area contributed by atoms with Crippen molar-refractivity contribution in [2.24, 2.45) is 5.92 Å². The molecule has 2 fully saturated rings. The van der Waals surface area contributed by atoms with Gasteiger partial charge < -0.3 is 10.2 Å². The Morgan fingerprint density at radius 2 is 1.76 bits per heavy atom. The van der Waals surface area contributed by atoms with E-state index in [0.29, 0.717) is 5.92 Å². The summed E-state index contributed by atoms with van der Waals surface area (Å²) in [5, 5.41) is 2.95. The van der Waals surface area contributed by atoms with Crippen molar-refractivity contribution in [3.05, 3.63) is 0 Å². The number of amides is 2. The Labute approximate surface area is 103 Å². The molecule has 0 bridgehead atoms. The number of carbonyl (C=O) groups is 2. The van der Waals surface area contributed by atoms with Crippen LogP contribution in [0.4, 0.5) is 0 Å². The molecule has 0 aromatic carbocycles. The second-order valence-corrected chi connectivity index (χ2v) is 6.26. The summed E-state index contributed by atoms with van der Waals surface area (Å²) in [6, 6.07) is 0.0432. The molecule has 1 saturated heterocycles. The fourth-order valence-electron chi connectivity index (χ4n) is 2.87. The Kier molecular flexibility index (Phi) is 2.53. The van der Waals surface area contributed by atoms with Crippen LogP contribution in [0.15, 0.2) is 0 Å². The number of nitrogens with one attached hydrogen (secondary N) is 1. The van der Waals surface area contributed by atoms with Gasteiger partial charge in [0.2, 0.25) is 11.8 Å². The molecule has 1 unspecified atom stereocenters. The SMILES string of the molecule is CC(C)N1C(=O)C(C)(C2CC2)NC(=O)C1(C)C. The molecule has 1 aliphatic heterocycles. The zero-order valence-electron chi connectivity index (χ0n) is 11.3. The second kappa shape index (κ2) is 3.47. The van der Waals surface area contributed by atoms with Gasteiger partial charge in [-0.25, -0.2) is 0 Å². The van der Waals surface area contributed by atoms with E-state index in [1.807, 2.05) is 34.6 Å². The van der Waals surface area contributed by atoms with Gasteiger partial charge >= 0.3 is 0 Å². The largest absolute Gasteiger partial charge is 0.340 e.